The normalized spacial score (nSPS) is 26.1. The molecule has 9 heteroatoms. The summed E-state index contributed by atoms with van der Waals surface area (Å²) in [6.45, 7) is 1.62. The molecule has 138 valence electrons. The summed E-state index contributed by atoms with van der Waals surface area (Å²) in [5.74, 6) is -2.33. The van der Waals surface area contributed by atoms with Crippen molar-refractivity contribution in [1.29, 1.82) is 0 Å². The average Bonchev–Trinajstić information content (AvgIpc) is 3.00. The van der Waals surface area contributed by atoms with Crippen molar-refractivity contribution in [2.45, 2.75) is 24.9 Å². The maximum absolute atomic E-state index is 13.7. The van der Waals surface area contributed by atoms with Crippen LogP contribution in [0.25, 0.3) is 0 Å². The highest BCUT2D eigenvalue weighted by atomic mass is 32.1. The predicted molar refractivity (Wildman–Crippen MR) is 90.3 cm³/mol. The van der Waals surface area contributed by atoms with Crippen molar-refractivity contribution >= 4 is 23.1 Å². The van der Waals surface area contributed by atoms with Crippen molar-refractivity contribution in [3.63, 3.8) is 0 Å². The Balaban J connectivity index is 2.15. The molecule has 1 aromatic heterocycles. The lowest BCUT2D eigenvalue weighted by Crippen LogP contribution is -2.72. The van der Waals surface area contributed by atoms with Gasteiger partial charge in [0.25, 0.3) is 0 Å². The number of carbonyl (C=O) groups is 1. The molecule has 0 saturated carbocycles. The highest BCUT2D eigenvalue weighted by Gasteiger charge is 2.66. The van der Waals surface area contributed by atoms with Crippen molar-refractivity contribution in [2.24, 2.45) is 5.92 Å². The van der Waals surface area contributed by atoms with Crippen LogP contribution in [-0.2, 0) is 0 Å². The van der Waals surface area contributed by atoms with Crippen LogP contribution < -0.4 is 10.6 Å². The number of aliphatic hydroxyl groups is 1. The molecule has 3 N–H and O–H groups in total. The Morgan fingerprint density at radius 1 is 1.23 bits per heavy atom. The maximum Gasteiger partial charge on any atom is 0.437 e. The average molecular weight is 384 g/mol. The van der Waals surface area contributed by atoms with Crippen LogP contribution in [0.3, 0.4) is 0 Å². The van der Waals surface area contributed by atoms with Crippen LogP contribution in [0.5, 0.6) is 0 Å². The zero-order chi connectivity index (χ0) is 19.1. The van der Waals surface area contributed by atoms with Gasteiger partial charge in [0, 0.05) is 5.56 Å². The van der Waals surface area contributed by atoms with E-state index in [1.807, 2.05) is 5.32 Å². The lowest BCUT2D eigenvalue weighted by molar-refractivity contribution is -0.286. The first kappa shape index (κ1) is 18.4. The van der Waals surface area contributed by atoms with Gasteiger partial charge in [0.05, 0.1) is 0 Å². The fraction of sp³-hybridized carbons (Fsp3) is 0.294. The Bertz CT molecular complexity index is 837. The highest BCUT2D eigenvalue weighted by molar-refractivity contribution is 7.80. The minimum Gasteiger partial charge on any atom is -0.464 e. The number of carbonyl (C=O) groups excluding carboxylic acids is 1. The van der Waals surface area contributed by atoms with Crippen LogP contribution in [0, 0.1) is 12.8 Å². The summed E-state index contributed by atoms with van der Waals surface area (Å²) in [7, 11) is 0. The number of ketones is 1. The van der Waals surface area contributed by atoms with E-state index in [2.05, 4.69) is 5.32 Å². The van der Waals surface area contributed by atoms with Gasteiger partial charge in [0.2, 0.25) is 5.72 Å². The van der Waals surface area contributed by atoms with Gasteiger partial charge in [0.1, 0.15) is 23.5 Å². The van der Waals surface area contributed by atoms with E-state index in [4.69, 9.17) is 16.6 Å². The summed E-state index contributed by atoms with van der Waals surface area (Å²) in [5, 5.41) is 14.5. The Morgan fingerprint density at radius 3 is 2.42 bits per heavy atom. The molecule has 0 bridgehead atoms. The van der Waals surface area contributed by atoms with Crippen LogP contribution in [0.15, 0.2) is 46.9 Å². The topological polar surface area (TPSA) is 74.5 Å². The number of nitrogens with one attached hydrogen (secondary N) is 2. The lowest BCUT2D eigenvalue weighted by atomic mass is 9.79. The third-order valence-corrected chi connectivity index (χ3v) is 4.43. The molecule has 5 nitrogen and oxygen atoms in total. The van der Waals surface area contributed by atoms with Crippen molar-refractivity contribution in [1.82, 2.24) is 10.6 Å². The number of hydrogen-bond donors (Lipinski definition) is 3. The van der Waals surface area contributed by atoms with Gasteiger partial charge < -0.3 is 20.2 Å². The number of furan rings is 1. The molecule has 26 heavy (non-hydrogen) atoms. The van der Waals surface area contributed by atoms with Crippen molar-refractivity contribution in [3.8, 4) is 0 Å². The van der Waals surface area contributed by atoms with E-state index in [0.717, 1.165) is 0 Å². The summed E-state index contributed by atoms with van der Waals surface area (Å²) < 4.78 is 46.6. The largest absolute Gasteiger partial charge is 0.464 e. The predicted octanol–water partition coefficient (Wildman–Crippen LogP) is 2.86. The molecule has 0 amide bonds. The van der Waals surface area contributed by atoms with Gasteiger partial charge in [-0.25, -0.2) is 0 Å². The molecule has 2 heterocycles. The van der Waals surface area contributed by atoms with Crippen molar-refractivity contribution < 1.29 is 27.5 Å². The molecule has 1 fully saturated rings. The minimum absolute atomic E-state index is 0.0323. The second kappa shape index (κ2) is 6.40. The zero-order valence-corrected chi connectivity index (χ0v) is 14.3. The van der Waals surface area contributed by atoms with E-state index in [1.54, 1.807) is 19.1 Å². The number of Topliss-reactive ketones (excluding diaryl/α,β-unsaturated/α-hetero) is 1. The molecule has 1 aromatic carbocycles. The number of thiocarbonyl (C=S) groups is 1. The van der Waals surface area contributed by atoms with Gasteiger partial charge >= 0.3 is 6.18 Å². The second-order valence-corrected chi connectivity index (χ2v) is 6.40. The highest BCUT2D eigenvalue weighted by Crippen LogP contribution is 2.44. The zero-order valence-electron chi connectivity index (χ0n) is 13.5. The number of alkyl halides is 3. The number of rotatable bonds is 3. The van der Waals surface area contributed by atoms with Gasteiger partial charge in [-0.15, -0.1) is 0 Å². The minimum atomic E-state index is -5.16. The van der Waals surface area contributed by atoms with Gasteiger partial charge in [-0.05, 0) is 31.3 Å². The number of aryl methyl sites for hydroxylation is 1. The van der Waals surface area contributed by atoms with Crippen LogP contribution in [0.2, 0.25) is 0 Å². The van der Waals surface area contributed by atoms with Crippen LogP contribution >= 0.6 is 12.2 Å². The first-order valence-corrected chi connectivity index (χ1v) is 8.07. The van der Waals surface area contributed by atoms with E-state index in [0.29, 0.717) is 5.76 Å². The molecule has 0 radical (unpaired) electrons. The SMILES string of the molecule is Cc1ccc([C@@H]2NC(=S)N[C@@](O)(C(F)(F)F)[C@H]2C(=O)c2ccccc2)o1. The Morgan fingerprint density at radius 2 is 1.88 bits per heavy atom. The lowest BCUT2D eigenvalue weighted by Gasteiger charge is -2.45. The smallest absolute Gasteiger partial charge is 0.437 e. The van der Waals surface area contributed by atoms with E-state index in [1.165, 1.54) is 30.3 Å². The van der Waals surface area contributed by atoms with Crippen LogP contribution in [0.1, 0.15) is 27.9 Å². The van der Waals surface area contributed by atoms with Gasteiger partial charge in [-0.1, -0.05) is 30.3 Å². The standard InChI is InChI=1S/C17H15F3N2O3S/c1-9-7-8-11(25-9)13-12(14(23)10-5-3-2-4-6-10)16(24,17(18,19)20)22-15(26)21-13/h2-8,12-13,24H,1H3,(H2,21,22,26)/t12-,13+,16+/m1/s1. The maximum atomic E-state index is 13.7. The van der Waals surface area contributed by atoms with E-state index in [-0.39, 0.29) is 11.3 Å². The summed E-state index contributed by atoms with van der Waals surface area (Å²) >= 11 is 4.83. The number of benzene rings is 1. The van der Waals surface area contributed by atoms with Crippen molar-refractivity contribution in [2.75, 3.05) is 0 Å². The van der Waals surface area contributed by atoms with Gasteiger partial charge in [0.15, 0.2) is 10.9 Å². The number of hydrogen-bond acceptors (Lipinski definition) is 4. The molecular weight excluding hydrogens is 369 g/mol. The van der Waals surface area contributed by atoms with Gasteiger partial charge in [-0.3, -0.25) is 4.79 Å². The molecule has 0 spiro atoms. The fourth-order valence-corrected chi connectivity index (χ4v) is 3.26. The summed E-state index contributed by atoms with van der Waals surface area (Å²) in [4.78, 5) is 12.9. The first-order valence-electron chi connectivity index (χ1n) is 7.67. The molecular formula is C17H15F3N2O3S. The first-order chi connectivity index (χ1) is 12.1. The third kappa shape index (κ3) is 3.08. The fourth-order valence-electron chi connectivity index (χ4n) is 2.98. The quantitative estimate of drug-likeness (QED) is 0.558. The van der Waals surface area contributed by atoms with E-state index < -0.39 is 34.8 Å². The monoisotopic (exact) mass is 384 g/mol. The molecule has 3 atom stereocenters. The summed E-state index contributed by atoms with van der Waals surface area (Å²) in [6.07, 6.45) is -5.16. The second-order valence-electron chi connectivity index (χ2n) is 6.00. The van der Waals surface area contributed by atoms with Crippen LogP contribution in [0.4, 0.5) is 13.2 Å². The third-order valence-electron chi connectivity index (χ3n) is 4.21. The summed E-state index contributed by atoms with van der Waals surface area (Å²) in [5.41, 5.74) is -3.52. The Hall–Kier alpha value is -2.39. The molecule has 2 aromatic rings. The molecule has 1 aliphatic heterocycles. The summed E-state index contributed by atoms with van der Waals surface area (Å²) in [6, 6.07) is 9.17. The molecule has 1 aliphatic rings. The Kier molecular flexibility index (Phi) is 4.53. The van der Waals surface area contributed by atoms with E-state index >= 15 is 0 Å². The number of halogens is 3. The van der Waals surface area contributed by atoms with Crippen LogP contribution in [-0.4, -0.2) is 27.9 Å². The Labute approximate surface area is 152 Å². The molecule has 0 unspecified atom stereocenters. The van der Waals surface area contributed by atoms with Gasteiger partial charge in [-0.2, -0.15) is 13.2 Å². The van der Waals surface area contributed by atoms with E-state index in [9.17, 15) is 23.1 Å². The molecule has 1 saturated heterocycles. The molecule has 3 rings (SSSR count). The molecule has 0 aliphatic carbocycles. The van der Waals surface area contributed by atoms with Crippen molar-refractivity contribution in [3.05, 3.63) is 59.5 Å².